The van der Waals surface area contributed by atoms with E-state index in [2.05, 4.69) is 5.32 Å². The summed E-state index contributed by atoms with van der Waals surface area (Å²) in [5, 5.41) is 2.65. The Morgan fingerprint density at radius 1 is 1.50 bits per heavy atom. The summed E-state index contributed by atoms with van der Waals surface area (Å²) in [6, 6.07) is -0.586. The average molecular weight is 228 g/mol. The van der Waals surface area contributed by atoms with E-state index in [1.165, 1.54) is 0 Å². The van der Waals surface area contributed by atoms with Crippen molar-refractivity contribution in [2.45, 2.75) is 45.3 Å². The van der Waals surface area contributed by atoms with Crippen LogP contribution in [0.5, 0.6) is 0 Å². The van der Waals surface area contributed by atoms with E-state index >= 15 is 0 Å². The van der Waals surface area contributed by atoms with Crippen LogP contribution in [0, 0.1) is 5.92 Å². The fourth-order valence-corrected chi connectivity index (χ4v) is 1.77. The first-order valence-electron chi connectivity index (χ1n) is 5.72. The zero-order chi connectivity index (χ0) is 12.1. The molecule has 2 atom stereocenters. The summed E-state index contributed by atoms with van der Waals surface area (Å²) in [6.45, 7) is 4.58. The van der Waals surface area contributed by atoms with Crippen molar-refractivity contribution >= 4 is 11.8 Å². The average Bonchev–Trinajstić information content (AvgIpc) is 2.68. The molecule has 2 amide bonds. The minimum absolute atomic E-state index is 0.220. The number of ether oxygens (including phenoxy) is 1. The van der Waals surface area contributed by atoms with Crippen LogP contribution in [-0.2, 0) is 14.3 Å². The summed E-state index contributed by atoms with van der Waals surface area (Å²) < 4.78 is 5.24. The highest BCUT2D eigenvalue weighted by atomic mass is 16.5. The first-order chi connectivity index (χ1) is 7.50. The van der Waals surface area contributed by atoms with E-state index in [9.17, 15) is 9.59 Å². The summed E-state index contributed by atoms with van der Waals surface area (Å²) in [5.41, 5.74) is 5.24. The number of hydrogen-bond acceptors (Lipinski definition) is 3. The Balaban J connectivity index is 2.47. The van der Waals surface area contributed by atoms with Gasteiger partial charge >= 0.3 is 0 Å². The maximum atomic E-state index is 11.7. The third-order valence-corrected chi connectivity index (χ3v) is 2.59. The highest BCUT2D eigenvalue weighted by molar-refractivity contribution is 5.88. The molecule has 1 rings (SSSR count). The second-order valence-electron chi connectivity index (χ2n) is 4.59. The highest BCUT2D eigenvalue weighted by Gasteiger charge is 2.27. The van der Waals surface area contributed by atoms with Gasteiger partial charge in [0.2, 0.25) is 11.8 Å². The summed E-state index contributed by atoms with van der Waals surface area (Å²) in [4.78, 5) is 22.8. The molecule has 0 unspecified atom stereocenters. The fourth-order valence-electron chi connectivity index (χ4n) is 1.77. The molecule has 1 heterocycles. The molecule has 1 saturated heterocycles. The van der Waals surface area contributed by atoms with E-state index in [0.29, 0.717) is 18.9 Å². The van der Waals surface area contributed by atoms with Crippen LogP contribution in [0.15, 0.2) is 0 Å². The number of carbonyl (C=O) groups is 2. The topological polar surface area (TPSA) is 81.4 Å². The molecule has 0 aromatic heterocycles. The molecule has 3 N–H and O–H groups in total. The van der Waals surface area contributed by atoms with Gasteiger partial charge in [-0.3, -0.25) is 9.59 Å². The minimum atomic E-state index is -0.586. The van der Waals surface area contributed by atoms with E-state index < -0.39 is 18.1 Å². The van der Waals surface area contributed by atoms with Crippen LogP contribution in [-0.4, -0.2) is 30.6 Å². The molecule has 1 aliphatic heterocycles. The lowest BCUT2D eigenvalue weighted by molar-refractivity contribution is -0.134. The third kappa shape index (κ3) is 3.81. The Hall–Kier alpha value is -1.10. The lowest BCUT2D eigenvalue weighted by Crippen LogP contribution is -2.48. The number of primary amides is 1. The van der Waals surface area contributed by atoms with E-state index in [0.717, 1.165) is 12.8 Å². The van der Waals surface area contributed by atoms with Gasteiger partial charge in [0.1, 0.15) is 12.1 Å². The number of nitrogens with two attached hydrogens (primary N) is 1. The molecule has 0 aromatic rings. The van der Waals surface area contributed by atoms with Crippen LogP contribution in [0.2, 0.25) is 0 Å². The standard InChI is InChI=1S/C11H20N2O3/c1-7(2)6-8(10(12)14)13-11(15)9-4-3-5-16-9/h7-9H,3-6H2,1-2H3,(H2,12,14)(H,13,15)/t8-,9-/m1/s1. The van der Waals surface area contributed by atoms with E-state index in [1.54, 1.807) is 0 Å². The number of carbonyl (C=O) groups excluding carboxylic acids is 2. The molecule has 0 aliphatic carbocycles. The fraction of sp³-hybridized carbons (Fsp3) is 0.818. The number of nitrogens with one attached hydrogen (secondary N) is 1. The Morgan fingerprint density at radius 3 is 2.62 bits per heavy atom. The zero-order valence-corrected chi connectivity index (χ0v) is 9.86. The van der Waals surface area contributed by atoms with E-state index in [4.69, 9.17) is 10.5 Å². The molecule has 0 saturated carbocycles. The van der Waals surface area contributed by atoms with Crippen molar-refractivity contribution in [1.82, 2.24) is 5.32 Å². The molecule has 1 aliphatic rings. The van der Waals surface area contributed by atoms with Gasteiger partial charge in [0, 0.05) is 6.61 Å². The third-order valence-electron chi connectivity index (χ3n) is 2.59. The second-order valence-corrected chi connectivity index (χ2v) is 4.59. The Bertz CT molecular complexity index is 260. The van der Waals surface area contributed by atoms with Crippen molar-refractivity contribution < 1.29 is 14.3 Å². The SMILES string of the molecule is CC(C)C[C@@H](NC(=O)[C@H]1CCCO1)C(N)=O. The lowest BCUT2D eigenvalue weighted by Gasteiger charge is -2.19. The number of rotatable bonds is 5. The molecule has 16 heavy (non-hydrogen) atoms. The normalized spacial score (nSPS) is 22.1. The van der Waals surface area contributed by atoms with Crippen LogP contribution in [0.25, 0.3) is 0 Å². The van der Waals surface area contributed by atoms with E-state index in [-0.39, 0.29) is 5.91 Å². The number of hydrogen-bond donors (Lipinski definition) is 2. The van der Waals surface area contributed by atoms with Crippen LogP contribution >= 0.6 is 0 Å². The van der Waals surface area contributed by atoms with Gasteiger partial charge in [-0.05, 0) is 25.2 Å². The monoisotopic (exact) mass is 228 g/mol. The van der Waals surface area contributed by atoms with Gasteiger partial charge in [-0.15, -0.1) is 0 Å². The minimum Gasteiger partial charge on any atom is -0.368 e. The van der Waals surface area contributed by atoms with Crippen molar-refractivity contribution in [2.24, 2.45) is 11.7 Å². The van der Waals surface area contributed by atoms with Crippen molar-refractivity contribution in [3.05, 3.63) is 0 Å². The summed E-state index contributed by atoms with van der Waals surface area (Å²) in [6.07, 6.45) is 1.77. The molecule has 0 bridgehead atoms. The van der Waals surface area contributed by atoms with Crippen molar-refractivity contribution in [3.63, 3.8) is 0 Å². The van der Waals surface area contributed by atoms with Gasteiger partial charge in [0.15, 0.2) is 0 Å². The van der Waals surface area contributed by atoms with Crippen LogP contribution < -0.4 is 11.1 Å². The van der Waals surface area contributed by atoms with Crippen LogP contribution in [0.1, 0.15) is 33.1 Å². The first kappa shape index (κ1) is 13.0. The smallest absolute Gasteiger partial charge is 0.249 e. The lowest BCUT2D eigenvalue weighted by atomic mass is 10.0. The summed E-state index contributed by atoms with van der Waals surface area (Å²) in [5.74, 6) is -0.399. The molecule has 5 heteroatoms. The molecule has 0 aromatic carbocycles. The quantitative estimate of drug-likeness (QED) is 0.704. The van der Waals surface area contributed by atoms with Gasteiger partial charge < -0.3 is 15.8 Å². The molecule has 0 spiro atoms. The zero-order valence-electron chi connectivity index (χ0n) is 9.86. The van der Waals surface area contributed by atoms with Gasteiger partial charge in [0.25, 0.3) is 0 Å². The predicted octanol–water partition coefficient (Wildman–Crippen LogP) is 0.182. The van der Waals surface area contributed by atoms with Gasteiger partial charge in [-0.1, -0.05) is 13.8 Å². The largest absolute Gasteiger partial charge is 0.368 e. The van der Waals surface area contributed by atoms with Crippen LogP contribution in [0.3, 0.4) is 0 Å². The summed E-state index contributed by atoms with van der Waals surface area (Å²) in [7, 11) is 0. The molecule has 0 radical (unpaired) electrons. The molecule has 92 valence electrons. The van der Waals surface area contributed by atoms with Crippen molar-refractivity contribution in [3.8, 4) is 0 Å². The van der Waals surface area contributed by atoms with E-state index in [1.807, 2.05) is 13.8 Å². The molecule has 1 fully saturated rings. The van der Waals surface area contributed by atoms with Crippen LogP contribution in [0.4, 0.5) is 0 Å². The highest BCUT2D eigenvalue weighted by Crippen LogP contribution is 2.13. The Labute approximate surface area is 95.7 Å². The maximum absolute atomic E-state index is 11.7. The Morgan fingerprint density at radius 2 is 2.19 bits per heavy atom. The van der Waals surface area contributed by atoms with Gasteiger partial charge in [-0.2, -0.15) is 0 Å². The van der Waals surface area contributed by atoms with Crippen molar-refractivity contribution in [1.29, 1.82) is 0 Å². The Kier molecular flexibility index (Phi) is 4.73. The molecule has 5 nitrogen and oxygen atoms in total. The molecular formula is C11H20N2O3. The second kappa shape index (κ2) is 5.84. The predicted molar refractivity (Wildman–Crippen MR) is 59.6 cm³/mol. The van der Waals surface area contributed by atoms with Gasteiger partial charge in [-0.25, -0.2) is 0 Å². The maximum Gasteiger partial charge on any atom is 0.249 e. The molecular weight excluding hydrogens is 208 g/mol. The first-order valence-corrected chi connectivity index (χ1v) is 5.72. The summed E-state index contributed by atoms with van der Waals surface area (Å²) >= 11 is 0. The van der Waals surface area contributed by atoms with Crippen molar-refractivity contribution in [2.75, 3.05) is 6.61 Å². The number of amides is 2. The van der Waals surface area contributed by atoms with Gasteiger partial charge in [0.05, 0.1) is 0 Å².